The monoisotopic (exact) mass is 181 g/mol. The lowest BCUT2D eigenvalue weighted by Gasteiger charge is -2.09. The summed E-state index contributed by atoms with van der Waals surface area (Å²) in [6.07, 6.45) is 0. The summed E-state index contributed by atoms with van der Waals surface area (Å²) in [5.74, 6) is 0.868. The minimum absolute atomic E-state index is 0.868. The molecular formula is C10H15NS. The van der Waals surface area contributed by atoms with Crippen molar-refractivity contribution in [3.8, 4) is 0 Å². The van der Waals surface area contributed by atoms with Crippen LogP contribution in [0.4, 0.5) is 5.69 Å². The molecule has 66 valence electrons. The van der Waals surface area contributed by atoms with E-state index < -0.39 is 0 Å². The molecule has 0 saturated heterocycles. The summed E-state index contributed by atoms with van der Waals surface area (Å²) in [5.41, 5.74) is 3.89. The van der Waals surface area contributed by atoms with Gasteiger partial charge < -0.3 is 5.32 Å². The first-order chi connectivity index (χ1) is 5.75. The number of rotatable bonds is 3. The fraction of sp³-hybridized carbons (Fsp3) is 0.400. The fourth-order valence-electron chi connectivity index (χ4n) is 1.13. The molecule has 0 aromatic heterocycles. The average Bonchev–Trinajstić information content (AvgIpc) is 2.08. The largest absolute Gasteiger partial charge is 0.384 e. The Kier molecular flexibility index (Phi) is 3.48. The van der Waals surface area contributed by atoms with E-state index >= 15 is 0 Å². The van der Waals surface area contributed by atoms with Gasteiger partial charge in [-0.25, -0.2) is 0 Å². The molecule has 1 rings (SSSR count). The summed E-state index contributed by atoms with van der Waals surface area (Å²) >= 11 is 4.15. The van der Waals surface area contributed by atoms with Crippen molar-refractivity contribution in [1.29, 1.82) is 0 Å². The molecule has 0 aliphatic carbocycles. The number of hydrogen-bond donors (Lipinski definition) is 2. The average molecular weight is 181 g/mol. The van der Waals surface area contributed by atoms with E-state index in [9.17, 15) is 0 Å². The van der Waals surface area contributed by atoms with Crippen molar-refractivity contribution >= 4 is 18.3 Å². The molecule has 1 N–H and O–H groups in total. The van der Waals surface area contributed by atoms with E-state index in [0.29, 0.717) is 0 Å². The molecule has 0 spiro atoms. The SMILES string of the molecule is Cc1cccc(NCCS)c1C. The Morgan fingerprint density at radius 1 is 1.33 bits per heavy atom. The summed E-state index contributed by atoms with van der Waals surface area (Å²) in [4.78, 5) is 0. The summed E-state index contributed by atoms with van der Waals surface area (Å²) < 4.78 is 0. The number of anilines is 1. The smallest absolute Gasteiger partial charge is 0.0372 e. The first-order valence-electron chi connectivity index (χ1n) is 4.16. The van der Waals surface area contributed by atoms with Crippen LogP contribution in [0.5, 0.6) is 0 Å². The molecule has 0 aliphatic heterocycles. The molecule has 0 unspecified atom stereocenters. The second-order valence-electron chi connectivity index (χ2n) is 2.90. The van der Waals surface area contributed by atoms with Crippen LogP contribution < -0.4 is 5.32 Å². The van der Waals surface area contributed by atoms with Gasteiger partial charge in [0.1, 0.15) is 0 Å². The molecular weight excluding hydrogens is 166 g/mol. The Hall–Kier alpha value is -0.630. The van der Waals surface area contributed by atoms with Crippen molar-refractivity contribution in [2.24, 2.45) is 0 Å². The van der Waals surface area contributed by atoms with Gasteiger partial charge in [-0.05, 0) is 31.0 Å². The summed E-state index contributed by atoms with van der Waals surface area (Å²) in [5, 5.41) is 3.33. The van der Waals surface area contributed by atoms with Gasteiger partial charge in [0, 0.05) is 18.0 Å². The van der Waals surface area contributed by atoms with Gasteiger partial charge in [0.25, 0.3) is 0 Å². The van der Waals surface area contributed by atoms with E-state index in [2.05, 4.69) is 50.0 Å². The molecule has 0 aliphatic rings. The highest BCUT2D eigenvalue weighted by molar-refractivity contribution is 7.80. The van der Waals surface area contributed by atoms with Crippen molar-refractivity contribution in [3.05, 3.63) is 29.3 Å². The highest BCUT2D eigenvalue weighted by Crippen LogP contribution is 2.17. The Bertz CT molecular complexity index is 258. The molecule has 0 amide bonds. The van der Waals surface area contributed by atoms with Gasteiger partial charge in [0.2, 0.25) is 0 Å². The summed E-state index contributed by atoms with van der Waals surface area (Å²) in [6, 6.07) is 6.30. The van der Waals surface area contributed by atoms with E-state index in [1.165, 1.54) is 16.8 Å². The lowest BCUT2D eigenvalue weighted by Crippen LogP contribution is -2.04. The van der Waals surface area contributed by atoms with Gasteiger partial charge in [-0.1, -0.05) is 12.1 Å². The minimum atomic E-state index is 0.868. The first kappa shape index (κ1) is 9.46. The minimum Gasteiger partial charge on any atom is -0.384 e. The predicted molar refractivity (Wildman–Crippen MR) is 58.3 cm³/mol. The van der Waals surface area contributed by atoms with Gasteiger partial charge in [-0.3, -0.25) is 0 Å². The molecule has 2 heteroatoms. The third-order valence-electron chi connectivity index (χ3n) is 2.03. The summed E-state index contributed by atoms with van der Waals surface area (Å²) in [6.45, 7) is 5.19. The number of hydrogen-bond acceptors (Lipinski definition) is 2. The highest BCUT2D eigenvalue weighted by atomic mass is 32.1. The second kappa shape index (κ2) is 4.41. The Morgan fingerprint density at radius 3 is 2.75 bits per heavy atom. The van der Waals surface area contributed by atoms with Crippen LogP contribution in [0.1, 0.15) is 11.1 Å². The number of benzene rings is 1. The normalized spacial score (nSPS) is 9.92. The van der Waals surface area contributed by atoms with Crippen molar-refractivity contribution in [3.63, 3.8) is 0 Å². The van der Waals surface area contributed by atoms with Crippen molar-refractivity contribution < 1.29 is 0 Å². The third kappa shape index (κ3) is 2.18. The van der Waals surface area contributed by atoms with Gasteiger partial charge in [0.15, 0.2) is 0 Å². The maximum absolute atomic E-state index is 4.15. The fourth-order valence-corrected chi connectivity index (χ4v) is 1.24. The zero-order chi connectivity index (χ0) is 8.97. The summed E-state index contributed by atoms with van der Waals surface area (Å²) in [7, 11) is 0. The molecule has 0 atom stereocenters. The van der Waals surface area contributed by atoms with Gasteiger partial charge in [0.05, 0.1) is 0 Å². The molecule has 0 fully saturated rings. The highest BCUT2D eigenvalue weighted by Gasteiger charge is 1.97. The van der Waals surface area contributed by atoms with Crippen LogP contribution in [0.2, 0.25) is 0 Å². The van der Waals surface area contributed by atoms with Crippen molar-refractivity contribution in [1.82, 2.24) is 0 Å². The van der Waals surface area contributed by atoms with Crippen LogP contribution >= 0.6 is 12.6 Å². The molecule has 12 heavy (non-hydrogen) atoms. The van der Waals surface area contributed by atoms with E-state index in [-0.39, 0.29) is 0 Å². The van der Waals surface area contributed by atoms with E-state index in [0.717, 1.165) is 12.3 Å². The number of thiol groups is 1. The maximum atomic E-state index is 4.15. The molecule has 0 bridgehead atoms. The molecule has 0 radical (unpaired) electrons. The van der Waals surface area contributed by atoms with Crippen molar-refractivity contribution in [2.75, 3.05) is 17.6 Å². The molecule has 0 heterocycles. The van der Waals surface area contributed by atoms with Crippen LogP contribution in [-0.4, -0.2) is 12.3 Å². The predicted octanol–water partition coefficient (Wildman–Crippen LogP) is 2.65. The van der Waals surface area contributed by atoms with Gasteiger partial charge in [-0.15, -0.1) is 0 Å². The Morgan fingerprint density at radius 2 is 2.08 bits per heavy atom. The van der Waals surface area contributed by atoms with Crippen molar-refractivity contribution in [2.45, 2.75) is 13.8 Å². The standard InChI is InChI=1S/C10H15NS/c1-8-4-3-5-10(9(8)2)11-6-7-12/h3-5,11-12H,6-7H2,1-2H3. The zero-order valence-corrected chi connectivity index (χ0v) is 8.49. The molecule has 0 saturated carbocycles. The van der Waals surface area contributed by atoms with Crippen LogP contribution in [0.15, 0.2) is 18.2 Å². The Labute approximate surface area is 79.6 Å². The lowest BCUT2D eigenvalue weighted by atomic mass is 10.1. The maximum Gasteiger partial charge on any atom is 0.0372 e. The van der Waals surface area contributed by atoms with Crippen LogP contribution in [0.25, 0.3) is 0 Å². The Balaban J connectivity index is 2.78. The van der Waals surface area contributed by atoms with Crippen LogP contribution in [0, 0.1) is 13.8 Å². The molecule has 1 aromatic carbocycles. The number of nitrogens with one attached hydrogen (secondary N) is 1. The molecule has 1 nitrogen and oxygen atoms in total. The van der Waals surface area contributed by atoms with Gasteiger partial charge in [-0.2, -0.15) is 12.6 Å². The quantitative estimate of drug-likeness (QED) is 0.683. The second-order valence-corrected chi connectivity index (χ2v) is 3.35. The van der Waals surface area contributed by atoms with Gasteiger partial charge >= 0.3 is 0 Å². The van der Waals surface area contributed by atoms with Crippen LogP contribution in [0.3, 0.4) is 0 Å². The first-order valence-corrected chi connectivity index (χ1v) is 4.80. The third-order valence-corrected chi connectivity index (χ3v) is 2.26. The van der Waals surface area contributed by atoms with E-state index in [1.807, 2.05) is 0 Å². The topological polar surface area (TPSA) is 12.0 Å². The zero-order valence-electron chi connectivity index (χ0n) is 7.59. The lowest BCUT2D eigenvalue weighted by molar-refractivity contribution is 1.20. The number of aryl methyl sites for hydroxylation is 1. The van der Waals surface area contributed by atoms with E-state index in [4.69, 9.17) is 0 Å². The van der Waals surface area contributed by atoms with Crippen LogP contribution in [-0.2, 0) is 0 Å². The van der Waals surface area contributed by atoms with E-state index in [1.54, 1.807) is 0 Å². The molecule has 1 aromatic rings.